The van der Waals surface area contributed by atoms with E-state index in [1.165, 1.54) is 100 Å². The molecule has 0 aliphatic rings. The molecule has 0 aliphatic heterocycles. The van der Waals surface area contributed by atoms with E-state index in [1.54, 1.807) is 0 Å². The molecule has 0 N–H and O–H groups in total. The third-order valence-corrected chi connectivity index (χ3v) is 9.19. The zero-order chi connectivity index (χ0) is 33.4. The molecule has 0 heterocycles. The van der Waals surface area contributed by atoms with Crippen LogP contribution < -0.4 is 0 Å². The van der Waals surface area contributed by atoms with Crippen LogP contribution in [0.15, 0.2) is 146 Å². The van der Waals surface area contributed by atoms with Crippen molar-refractivity contribution >= 4 is 0 Å². The summed E-state index contributed by atoms with van der Waals surface area (Å²) in [6.07, 6.45) is 0. The molecule has 7 aromatic rings. The van der Waals surface area contributed by atoms with E-state index < -0.39 is 0 Å². The minimum atomic E-state index is 1.21. The van der Waals surface area contributed by atoms with E-state index >= 15 is 0 Å². The first kappa shape index (κ1) is 31.2. The predicted octanol–water partition coefficient (Wildman–Crippen LogP) is 13.5. The van der Waals surface area contributed by atoms with Crippen LogP contribution in [0.4, 0.5) is 0 Å². The molecule has 0 unspecified atom stereocenters. The summed E-state index contributed by atoms with van der Waals surface area (Å²) in [5.41, 5.74) is 22.5. The van der Waals surface area contributed by atoms with E-state index in [2.05, 4.69) is 187 Å². The zero-order valence-electron chi connectivity index (χ0n) is 28.9. The standard InChI is InChI=1S/C48H42/c1-31-16-32(2)20-43(19-31)37-10-7-13-40(25-37)46-28-47(41-14-8-11-38(26-41)44-21-33(3)17-34(4)22-44)30-48(29-46)42-15-9-12-39(27-42)45-23-35(5)18-36(6)24-45/h7-30H,1-6H3. The van der Waals surface area contributed by atoms with Gasteiger partial charge in [-0.3, -0.25) is 0 Å². The minimum Gasteiger partial charge on any atom is -0.0610 e. The van der Waals surface area contributed by atoms with Gasteiger partial charge in [-0.15, -0.1) is 0 Å². The molecule has 7 aromatic carbocycles. The van der Waals surface area contributed by atoms with Crippen molar-refractivity contribution in [3.8, 4) is 66.8 Å². The second-order valence-corrected chi connectivity index (χ2v) is 13.7. The fourth-order valence-electron chi connectivity index (χ4n) is 7.19. The second-order valence-electron chi connectivity index (χ2n) is 13.7. The molecule has 0 saturated carbocycles. The lowest BCUT2D eigenvalue weighted by Crippen LogP contribution is -1.89. The Balaban J connectivity index is 1.39. The van der Waals surface area contributed by atoms with E-state index in [1.807, 2.05) is 0 Å². The van der Waals surface area contributed by atoms with Crippen LogP contribution in [0.1, 0.15) is 33.4 Å². The summed E-state index contributed by atoms with van der Waals surface area (Å²) in [5.74, 6) is 0. The Labute approximate surface area is 286 Å². The zero-order valence-corrected chi connectivity index (χ0v) is 28.9. The minimum absolute atomic E-state index is 1.21. The van der Waals surface area contributed by atoms with Gasteiger partial charge in [0, 0.05) is 0 Å². The third-order valence-electron chi connectivity index (χ3n) is 9.19. The first-order chi connectivity index (χ1) is 23.2. The van der Waals surface area contributed by atoms with Gasteiger partial charge in [0.25, 0.3) is 0 Å². The van der Waals surface area contributed by atoms with Crippen LogP contribution in [-0.2, 0) is 0 Å². The molecule has 234 valence electrons. The van der Waals surface area contributed by atoms with Crippen molar-refractivity contribution in [3.05, 3.63) is 179 Å². The maximum Gasteiger partial charge on any atom is -0.0171 e. The van der Waals surface area contributed by atoms with Gasteiger partial charge in [-0.05, 0) is 145 Å². The molecule has 0 saturated heterocycles. The molecule has 0 atom stereocenters. The van der Waals surface area contributed by atoms with Crippen molar-refractivity contribution < 1.29 is 0 Å². The van der Waals surface area contributed by atoms with Gasteiger partial charge in [-0.25, -0.2) is 0 Å². The maximum absolute atomic E-state index is 2.36. The van der Waals surface area contributed by atoms with Gasteiger partial charge in [-0.2, -0.15) is 0 Å². The SMILES string of the molecule is Cc1cc(C)cc(-c2cccc(-c3cc(-c4cccc(-c5cc(C)cc(C)c5)c4)cc(-c4cccc(-c5cc(C)cc(C)c5)c4)c3)c2)c1. The van der Waals surface area contributed by atoms with Gasteiger partial charge in [0.05, 0.1) is 0 Å². The summed E-state index contributed by atoms with van der Waals surface area (Å²) >= 11 is 0. The van der Waals surface area contributed by atoms with E-state index in [-0.39, 0.29) is 0 Å². The molecule has 0 spiro atoms. The number of aryl methyl sites for hydroxylation is 6. The van der Waals surface area contributed by atoms with Gasteiger partial charge in [0.15, 0.2) is 0 Å². The lowest BCUT2D eigenvalue weighted by molar-refractivity contribution is 1.38. The average Bonchev–Trinajstić information content (AvgIpc) is 3.07. The summed E-state index contributed by atoms with van der Waals surface area (Å²) < 4.78 is 0. The maximum atomic E-state index is 2.36. The van der Waals surface area contributed by atoms with Crippen molar-refractivity contribution in [1.82, 2.24) is 0 Å². The molecule has 0 nitrogen and oxygen atoms in total. The van der Waals surface area contributed by atoms with Crippen molar-refractivity contribution in [2.75, 3.05) is 0 Å². The van der Waals surface area contributed by atoms with Crippen LogP contribution in [0, 0.1) is 41.5 Å². The molecular weight excluding hydrogens is 577 g/mol. The normalized spacial score (nSPS) is 11.1. The lowest BCUT2D eigenvalue weighted by atomic mass is 9.90. The van der Waals surface area contributed by atoms with Crippen LogP contribution in [0.3, 0.4) is 0 Å². The van der Waals surface area contributed by atoms with Crippen molar-refractivity contribution in [1.29, 1.82) is 0 Å². The van der Waals surface area contributed by atoms with Crippen LogP contribution >= 0.6 is 0 Å². The molecule has 48 heavy (non-hydrogen) atoms. The lowest BCUT2D eigenvalue weighted by Gasteiger charge is -2.14. The fourth-order valence-corrected chi connectivity index (χ4v) is 7.19. The first-order valence-electron chi connectivity index (χ1n) is 16.9. The quantitative estimate of drug-likeness (QED) is 0.174. The molecule has 0 aliphatic carbocycles. The van der Waals surface area contributed by atoms with Crippen LogP contribution in [0.25, 0.3) is 66.8 Å². The smallest absolute Gasteiger partial charge is 0.0171 e. The highest BCUT2D eigenvalue weighted by atomic mass is 14.2. The summed E-state index contributed by atoms with van der Waals surface area (Å²) in [5, 5.41) is 0. The molecule has 7 rings (SSSR count). The Morgan fingerprint density at radius 2 is 0.354 bits per heavy atom. The van der Waals surface area contributed by atoms with E-state index in [0.717, 1.165) is 0 Å². The number of rotatable bonds is 6. The molecule has 0 bridgehead atoms. The highest BCUT2D eigenvalue weighted by molar-refractivity contribution is 5.85. The Morgan fingerprint density at radius 1 is 0.188 bits per heavy atom. The fraction of sp³-hybridized carbons (Fsp3) is 0.125. The van der Waals surface area contributed by atoms with Gasteiger partial charge in [0.2, 0.25) is 0 Å². The molecular formula is C48H42. The summed E-state index contributed by atoms with van der Waals surface area (Å²) in [6.45, 7) is 13.1. The van der Waals surface area contributed by atoms with E-state index in [9.17, 15) is 0 Å². The van der Waals surface area contributed by atoms with Crippen LogP contribution in [0.2, 0.25) is 0 Å². The van der Waals surface area contributed by atoms with Crippen molar-refractivity contribution in [2.45, 2.75) is 41.5 Å². The Morgan fingerprint density at radius 3 is 0.562 bits per heavy atom. The highest BCUT2D eigenvalue weighted by Crippen LogP contribution is 2.37. The third kappa shape index (κ3) is 6.80. The van der Waals surface area contributed by atoms with Crippen LogP contribution in [0.5, 0.6) is 0 Å². The molecule has 0 amide bonds. The van der Waals surface area contributed by atoms with Gasteiger partial charge in [-0.1, -0.05) is 143 Å². The Kier molecular flexibility index (Phi) is 8.42. The molecule has 0 aromatic heterocycles. The summed E-state index contributed by atoms with van der Waals surface area (Å²) in [7, 11) is 0. The van der Waals surface area contributed by atoms with Crippen molar-refractivity contribution in [3.63, 3.8) is 0 Å². The number of benzene rings is 7. The second kappa shape index (κ2) is 13.0. The first-order valence-corrected chi connectivity index (χ1v) is 16.9. The molecule has 0 radical (unpaired) electrons. The Bertz CT molecular complexity index is 1970. The van der Waals surface area contributed by atoms with Gasteiger partial charge < -0.3 is 0 Å². The van der Waals surface area contributed by atoms with Gasteiger partial charge >= 0.3 is 0 Å². The molecule has 0 fully saturated rings. The largest absolute Gasteiger partial charge is 0.0610 e. The molecule has 0 heteroatoms. The average molecular weight is 619 g/mol. The van der Waals surface area contributed by atoms with Crippen LogP contribution in [-0.4, -0.2) is 0 Å². The summed E-state index contributed by atoms with van der Waals surface area (Å²) in [4.78, 5) is 0. The highest BCUT2D eigenvalue weighted by Gasteiger charge is 2.12. The predicted molar refractivity (Wildman–Crippen MR) is 207 cm³/mol. The summed E-state index contributed by atoms with van der Waals surface area (Å²) in [6, 6.07) is 54.5. The van der Waals surface area contributed by atoms with E-state index in [0.29, 0.717) is 0 Å². The van der Waals surface area contributed by atoms with Gasteiger partial charge in [0.1, 0.15) is 0 Å². The number of hydrogen-bond donors (Lipinski definition) is 0. The van der Waals surface area contributed by atoms with Crippen molar-refractivity contribution in [2.24, 2.45) is 0 Å². The topological polar surface area (TPSA) is 0 Å². The number of hydrogen-bond acceptors (Lipinski definition) is 0. The monoisotopic (exact) mass is 618 g/mol. The Hall–Kier alpha value is -5.46. The van der Waals surface area contributed by atoms with E-state index in [4.69, 9.17) is 0 Å².